The van der Waals surface area contributed by atoms with Gasteiger partial charge in [-0.15, -0.1) is 0 Å². The molecule has 4 rings (SSSR count). The quantitative estimate of drug-likeness (QED) is 0.654. The number of benzene rings is 1. The molecule has 0 bridgehead atoms. The monoisotopic (exact) mass is 361 g/mol. The van der Waals surface area contributed by atoms with Crippen molar-refractivity contribution in [3.63, 3.8) is 0 Å². The lowest BCUT2D eigenvalue weighted by Gasteiger charge is -2.30. The van der Waals surface area contributed by atoms with Gasteiger partial charge in [-0.25, -0.2) is 9.18 Å². The first-order valence-electron chi connectivity index (χ1n) is 8.19. The number of halogens is 1. The van der Waals surface area contributed by atoms with Gasteiger partial charge in [-0.2, -0.15) is 0 Å². The number of anilines is 2. The second-order valence-electron chi connectivity index (χ2n) is 6.67. The smallest absolute Gasteiger partial charge is 0.341 e. The molecule has 9 heteroatoms. The standard InChI is InChI=1S/C17H16FN3O5/c1-6(22)11-16(24)20-13-12(19-11)10(18)4-8-14(13)21(7-2-3-7)5-9(15(8)23)17(25)26/h4-7,11,19,22H,2-3H2,1H3,(H,20,24)(H,25,26). The van der Waals surface area contributed by atoms with Crippen LogP contribution in [0.5, 0.6) is 0 Å². The molecule has 1 fully saturated rings. The number of nitrogens with zero attached hydrogens (tertiary/aromatic N) is 1. The summed E-state index contributed by atoms with van der Waals surface area (Å²) in [4.78, 5) is 36.2. The lowest BCUT2D eigenvalue weighted by molar-refractivity contribution is -0.118. The van der Waals surface area contributed by atoms with E-state index in [2.05, 4.69) is 10.6 Å². The SMILES string of the molecule is CC(O)C1Nc2c(F)cc3c(=O)c(C(=O)O)cn(C4CC4)c3c2NC1=O. The van der Waals surface area contributed by atoms with Crippen molar-refractivity contribution in [1.29, 1.82) is 0 Å². The van der Waals surface area contributed by atoms with E-state index in [4.69, 9.17) is 0 Å². The van der Waals surface area contributed by atoms with E-state index in [-0.39, 0.29) is 28.3 Å². The van der Waals surface area contributed by atoms with Crippen LogP contribution in [0.15, 0.2) is 17.1 Å². The van der Waals surface area contributed by atoms with Gasteiger partial charge in [0.15, 0.2) is 0 Å². The molecule has 1 aromatic heterocycles. The summed E-state index contributed by atoms with van der Waals surface area (Å²) in [6.45, 7) is 1.40. The summed E-state index contributed by atoms with van der Waals surface area (Å²) in [5.41, 5.74) is -0.912. The van der Waals surface area contributed by atoms with E-state index in [1.54, 1.807) is 4.57 Å². The largest absolute Gasteiger partial charge is 0.477 e. The average molecular weight is 361 g/mol. The van der Waals surface area contributed by atoms with Crippen LogP contribution in [0.25, 0.3) is 10.9 Å². The number of carboxylic acid groups (broad SMARTS) is 1. The van der Waals surface area contributed by atoms with Crippen molar-refractivity contribution in [2.45, 2.75) is 38.0 Å². The van der Waals surface area contributed by atoms with E-state index < -0.39 is 40.8 Å². The highest BCUT2D eigenvalue weighted by molar-refractivity contribution is 6.12. The lowest BCUT2D eigenvalue weighted by atomic mass is 10.0. The molecule has 2 heterocycles. The van der Waals surface area contributed by atoms with Gasteiger partial charge in [0.05, 0.1) is 28.4 Å². The van der Waals surface area contributed by atoms with Crippen LogP contribution < -0.4 is 16.1 Å². The van der Waals surface area contributed by atoms with E-state index in [1.807, 2.05) is 0 Å². The number of hydrogen-bond donors (Lipinski definition) is 4. The van der Waals surface area contributed by atoms with Crippen molar-refractivity contribution in [1.82, 2.24) is 4.57 Å². The predicted octanol–water partition coefficient (Wildman–Crippen LogP) is 1.29. The zero-order valence-electron chi connectivity index (χ0n) is 13.7. The summed E-state index contributed by atoms with van der Waals surface area (Å²) in [5, 5.41) is 24.1. The Labute approximate surface area is 146 Å². The minimum absolute atomic E-state index is 0.0165. The summed E-state index contributed by atoms with van der Waals surface area (Å²) >= 11 is 0. The van der Waals surface area contributed by atoms with Gasteiger partial charge in [-0.1, -0.05) is 0 Å². The Bertz CT molecular complexity index is 1030. The van der Waals surface area contributed by atoms with Crippen LogP contribution in [0.3, 0.4) is 0 Å². The van der Waals surface area contributed by atoms with Crippen molar-refractivity contribution < 1.29 is 24.2 Å². The van der Waals surface area contributed by atoms with Gasteiger partial charge in [0.1, 0.15) is 17.4 Å². The van der Waals surface area contributed by atoms with Crippen LogP contribution in [0.4, 0.5) is 15.8 Å². The number of fused-ring (bicyclic) bond motifs is 3. The van der Waals surface area contributed by atoms with Gasteiger partial charge < -0.3 is 25.4 Å². The zero-order valence-corrected chi connectivity index (χ0v) is 13.7. The molecular weight excluding hydrogens is 345 g/mol. The fourth-order valence-electron chi connectivity index (χ4n) is 3.31. The van der Waals surface area contributed by atoms with Crippen molar-refractivity contribution in [2.75, 3.05) is 10.6 Å². The number of nitrogens with one attached hydrogen (secondary N) is 2. The fourth-order valence-corrected chi connectivity index (χ4v) is 3.31. The van der Waals surface area contributed by atoms with Crippen LogP contribution in [-0.2, 0) is 4.79 Å². The molecule has 1 aliphatic heterocycles. The zero-order chi connectivity index (χ0) is 18.7. The van der Waals surface area contributed by atoms with Crippen molar-refractivity contribution >= 4 is 34.2 Å². The third-order valence-electron chi connectivity index (χ3n) is 4.75. The molecule has 4 N–H and O–H groups in total. The Balaban J connectivity index is 2.06. The molecule has 0 spiro atoms. The predicted molar refractivity (Wildman–Crippen MR) is 91.1 cm³/mol. The molecular formula is C17H16FN3O5. The Hall–Kier alpha value is -2.94. The van der Waals surface area contributed by atoms with Gasteiger partial charge in [0.25, 0.3) is 0 Å². The molecule has 8 nitrogen and oxygen atoms in total. The number of aliphatic hydroxyl groups is 1. The van der Waals surface area contributed by atoms with Crippen molar-refractivity contribution in [3.05, 3.63) is 33.9 Å². The molecule has 2 aromatic rings. The van der Waals surface area contributed by atoms with Crippen molar-refractivity contribution in [3.8, 4) is 0 Å². The first-order valence-corrected chi connectivity index (χ1v) is 8.19. The summed E-state index contributed by atoms with van der Waals surface area (Å²) in [7, 11) is 0. The summed E-state index contributed by atoms with van der Waals surface area (Å²) < 4.78 is 16.2. The van der Waals surface area contributed by atoms with Gasteiger partial charge in [0, 0.05) is 12.2 Å². The summed E-state index contributed by atoms with van der Waals surface area (Å²) in [6, 6.07) is -0.0724. The number of carbonyl (C=O) groups excluding carboxylic acids is 1. The number of aromatic carboxylic acids is 1. The fraction of sp³-hybridized carbons (Fsp3) is 0.353. The number of aliphatic hydroxyl groups excluding tert-OH is 1. The molecule has 1 aromatic carbocycles. The van der Waals surface area contributed by atoms with Crippen LogP contribution in [0.2, 0.25) is 0 Å². The molecule has 1 saturated carbocycles. The second kappa shape index (κ2) is 5.53. The number of rotatable bonds is 3. The number of hydrogen-bond acceptors (Lipinski definition) is 5. The molecule has 1 aliphatic carbocycles. The minimum Gasteiger partial charge on any atom is -0.477 e. The normalized spacial score (nSPS) is 20.3. The molecule has 2 unspecified atom stereocenters. The van der Waals surface area contributed by atoms with Crippen LogP contribution in [0, 0.1) is 5.82 Å². The third-order valence-corrected chi connectivity index (χ3v) is 4.75. The molecule has 1 amide bonds. The van der Waals surface area contributed by atoms with E-state index in [9.17, 15) is 29.0 Å². The number of amides is 1. The maximum absolute atomic E-state index is 14.6. The van der Waals surface area contributed by atoms with Gasteiger partial charge in [-0.3, -0.25) is 9.59 Å². The van der Waals surface area contributed by atoms with Gasteiger partial charge in [-0.05, 0) is 25.8 Å². The Morgan fingerprint density at radius 2 is 2.04 bits per heavy atom. The molecule has 2 atom stereocenters. The molecule has 136 valence electrons. The molecule has 2 aliphatic rings. The molecule has 26 heavy (non-hydrogen) atoms. The maximum Gasteiger partial charge on any atom is 0.341 e. The first kappa shape index (κ1) is 16.5. The Kier molecular flexibility index (Phi) is 3.52. The van der Waals surface area contributed by atoms with E-state index in [1.165, 1.54) is 13.1 Å². The van der Waals surface area contributed by atoms with E-state index in [0.717, 1.165) is 18.9 Å². The molecule has 0 radical (unpaired) electrons. The van der Waals surface area contributed by atoms with E-state index in [0.29, 0.717) is 0 Å². The van der Waals surface area contributed by atoms with Gasteiger partial charge >= 0.3 is 5.97 Å². The maximum atomic E-state index is 14.6. The molecule has 0 saturated heterocycles. The summed E-state index contributed by atoms with van der Waals surface area (Å²) in [5.74, 6) is -2.75. The van der Waals surface area contributed by atoms with E-state index >= 15 is 0 Å². The minimum atomic E-state index is -1.39. The second-order valence-corrected chi connectivity index (χ2v) is 6.67. The number of carboxylic acids is 1. The first-order chi connectivity index (χ1) is 12.3. The number of aromatic nitrogens is 1. The summed E-state index contributed by atoms with van der Waals surface area (Å²) in [6.07, 6.45) is 1.77. The topological polar surface area (TPSA) is 121 Å². The highest BCUT2D eigenvalue weighted by Gasteiger charge is 2.35. The number of carbonyl (C=O) groups is 2. The van der Waals surface area contributed by atoms with Crippen LogP contribution in [0.1, 0.15) is 36.2 Å². The highest BCUT2D eigenvalue weighted by atomic mass is 19.1. The average Bonchev–Trinajstić information content (AvgIpc) is 3.39. The third kappa shape index (κ3) is 2.35. The highest BCUT2D eigenvalue weighted by Crippen LogP contribution is 2.42. The Morgan fingerprint density at radius 1 is 1.35 bits per heavy atom. The lowest BCUT2D eigenvalue weighted by Crippen LogP contribution is -2.46. The Morgan fingerprint density at radius 3 is 2.62 bits per heavy atom. The van der Waals surface area contributed by atoms with Crippen LogP contribution >= 0.6 is 0 Å². The van der Waals surface area contributed by atoms with Crippen molar-refractivity contribution in [2.24, 2.45) is 0 Å². The van der Waals surface area contributed by atoms with Gasteiger partial charge in [0.2, 0.25) is 11.3 Å². The number of pyridine rings is 1. The van der Waals surface area contributed by atoms with Crippen LogP contribution in [-0.4, -0.2) is 38.8 Å².